The number of nitrogens with zero attached hydrogens (tertiary/aromatic N) is 1. The molecule has 0 radical (unpaired) electrons. The van der Waals surface area contributed by atoms with Gasteiger partial charge in [0.05, 0.1) is 5.70 Å². The largest absolute Gasteiger partial charge is 0.298 e. The van der Waals surface area contributed by atoms with Crippen molar-refractivity contribution >= 4 is 17.9 Å². The molecule has 0 saturated heterocycles. The number of fused-ring (bicyclic) bond motifs is 1. The molecule has 0 aromatic rings. The van der Waals surface area contributed by atoms with E-state index < -0.39 is 0 Å². The zero-order valence-electron chi connectivity index (χ0n) is 6.25. The van der Waals surface area contributed by atoms with E-state index in [1.165, 1.54) is 0 Å². The van der Waals surface area contributed by atoms with Crippen LogP contribution in [0.4, 0.5) is 0 Å². The molecule has 0 atom stereocenters. The van der Waals surface area contributed by atoms with Crippen LogP contribution in [0.2, 0.25) is 0 Å². The number of hydrogen-bond donors (Lipinski definition) is 1. The first-order valence-corrected chi connectivity index (χ1v) is 3.95. The molecule has 2 rings (SSSR count). The van der Waals surface area contributed by atoms with Gasteiger partial charge in [0, 0.05) is 23.4 Å². The first kappa shape index (κ1) is 7.58. The third kappa shape index (κ3) is 1.07. The Hall–Kier alpha value is -1.06. The second-order valence-corrected chi connectivity index (χ2v) is 3.01. The minimum Gasteiger partial charge on any atom is -0.298 e. The fourth-order valence-corrected chi connectivity index (χ4v) is 1.38. The van der Waals surface area contributed by atoms with E-state index in [4.69, 9.17) is 11.6 Å². The molecule has 2 aliphatic rings. The summed E-state index contributed by atoms with van der Waals surface area (Å²) in [5, 5.41) is 2.43. The van der Waals surface area contributed by atoms with E-state index in [0.717, 1.165) is 17.6 Å². The number of nitrogens with one attached hydrogen (secondary N) is 1. The Bertz CT molecular complexity index is 317. The van der Waals surface area contributed by atoms with Crippen molar-refractivity contribution in [3.05, 3.63) is 34.7 Å². The molecular weight excluding hydrogens is 176 g/mol. The van der Waals surface area contributed by atoms with Crippen LogP contribution in [-0.2, 0) is 4.79 Å². The Labute approximate surface area is 75.0 Å². The zero-order chi connectivity index (χ0) is 8.55. The minimum atomic E-state index is 0.573. The molecule has 2 aliphatic heterocycles. The van der Waals surface area contributed by atoms with Crippen LogP contribution in [0.5, 0.6) is 0 Å². The number of aldehydes is 1. The van der Waals surface area contributed by atoms with Crippen molar-refractivity contribution in [2.45, 2.75) is 0 Å². The van der Waals surface area contributed by atoms with Crippen LogP contribution >= 0.6 is 11.6 Å². The van der Waals surface area contributed by atoms with E-state index >= 15 is 0 Å². The summed E-state index contributed by atoms with van der Waals surface area (Å²) in [5.41, 5.74) is 4.60. The molecule has 0 aromatic heterocycles. The van der Waals surface area contributed by atoms with Crippen LogP contribution < -0.4 is 5.43 Å². The summed E-state index contributed by atoms with van der Waals surface area (Å²) in [6.07, 6.45) is 6.19. The third-order valence-corrected chi connectivity index (χ3v) is 2.06. The lowest BCUT2D eigenvalue weighted by molar-refractivity contribution is -0.104. The molecule has 4 heteroatoms. The van der Waals surface area contributed by atoms with E-state index in [-0.39, 0.29) is 0 Å². The average Bonchev–Trinajstić information content (AvgIpc) is 2.46. The van der Waals surface area contributed by atoms with Gasteiger partial charge in [-0.3, -0.25) is 9.80 Å². The van der Waals surface area contributed by atoms with E-state index in [9.17, 15) is 4.79 Å². The van der Waals surface area contributed by atoms with Gasteiger partial charge in [-0.15, -0.1) is 0 Å². The summed E-state index contributed by atoms with van der Waals surface area (Å²) >= 11 is 5.78. The Balaban J connectivity index is 2.43. The smallest absolute Gasteiger partial charge is 0.149 e. The Morgan fingerprint density at radius 2 is 2.50 bits per heavy atom. The van der Waals surface area contributed by atoms with Gasteiger partial charge in [0.1, 0.15) is 6.29 Å². The van der Waals surface area contributed by atoms with Gasteiger partial charge in [-0.25, -0.2) is 5.43 Å². The van der Waals surface area contributed by atoms with Gasteiger partial charge in [-0.1, -0.05) is 11.6 Å². The SMILES string of the molecule is O=CC1=C2C=C(Cl)C=CN2NC1. The number of carbonyl (C=O) groups is 1. The lowest BCUT2D eigenvalue weighted by atomic mass is 10.2. The van der Waals surface area contributed by atoms with Crippen molar-refractivity contribution in [1.82, 2.24) is 10.4 Å². The van der Waals surface area contributed by atoms with Crippen molar-refractivity contribution in [2.24, 2.45) is 0 Å². The molecule has 0 spiro atoms. The van der Waals surface area contributed by atoms with Crippen LogP contribution in [0.15, 0.2) is 34.7 Å². The fourth-order valence-electron chi connectivity index (χ4n) is 1.22. The van der Waals surface area contributed by atoms with Crippen molar-refractivity contribution in [1.29, 1.82) is 0 Å². The van der Waals surface area contributed by atoms with Crippen LogP contribution in [-0.4, -0.2) is 17.8 Å². The Kier molecular flexibility index (Phi) is 1.75. The van der Waals surface area contributed by atoms with Crippen molar-refractivity contribution in [3.63, 3.8) is 0 Å². The molecule has 0 unspecified atom stereocenters. The first-order valence-electron chi connectivity index (χ1n) is 3.58. The highest BCUT2D eigenvalue weighted by Crippen LogP contribution is 2.23. The number of halogens is 1. The number of rotatable bonds is 1. The van der Waals surface area contributed by atoms with E-state index in [2.05, 4.69) is 5.43 Å². The highest BCUT2D eigenvalue weighted by molar-refractivity contribution is 6.31. The molecule has 62 valence electrons. The lowest BCUT2D eigenvalue weighted by Gasteiger charge is -2.18. The van der Waals surface area contributed by atoms with Crippen LogP contribution in [0.1, 0.15) is 0 Å². The normalized spacial score (nSPS) is 21.1. The standard InChI is InChI=1S/C8H7ClN2O/c9-7-1-2-11-8(3-7)6(5-12)4-10-11/h1-3,5,10H,4H2. The zero-order valence-corrected chi connectivity index (χ0v) is 7.01. The maximum atomic E-state index is 10.5. The molecule has 0 aliphatic carbocycles. The predicted octanol–water partition coefficient (Wildman–Crippen LogP) is 0.910. The van der Waals surface area contributed by atoms with Crippen LogP contribution in [0.3, 0.4) is 0 Å². The third-order valence-electron chi connectivity index (χ3n) is 1.83. The number of allylic oxidation sites excluding steroid dienone is 3. The topological polar surface area (TPSA) is 32.3 Å². The molecule has 1 N–H and O–H groups in total. The van der Waals surface area contributed by atoms with Crippen molar-refractivity contribution in [3.8, 4) is 0 Å². The summed E-state index contributed by atoms with van der Waals surface area (Å²) in [4.78, 5) is 10.5. The molecule has 0 fully saturated rings. The Morgan fingerprint density at radius 3 is 3.25 bits per heavy atom. The summed E-state index contributed by atoms with van der Waals surface area (Å²) in [6, 6.07) is 0. The lowest BCUT2D eigenvalue weighted by Crippen LogP contribution is -2.26. The van der Waals surface area contributed by atoms with Gasteiger partial charge in [-0.2, -0.15) is 0 Å². The monoisotopic (exact) mass is 182 g/mol. The highest BCUT2D eigenvalue weighted by atomic mass is 35.5. The summed E-state index contributed by atoms with van der Waals surface area (Å²) < 4.78 is 0. The van der Waals surface area contributed by atoms with Gasteiger partial charge in [0.25, 0.3) is 0 Å². The van der Waals surface area contributed by atoms with Gasteiger partial charge in [0.2, 0.25) is 0 Å². The predicted molar refractivity (Wildman–Crippen MR) is 46.0 cm³/mol. The van der Waals surface area contributed by atoms with Gasteiger partial charge in [0.15, 0.2) is 0 Å². The summed E-state index contributed by atoms with van der Waals surface area (Å²) in [5.74, 6) is 0. The fraction of sp³-hybridized carbons (Fsp3) is 0.125. The van der Waals surface area contributed by atoms with E-state index in [0.29, 0.717) is 11.6 Å². The average molecular weight is 183 g/mol. The minimum absolute atomic E-state index is 0.573. The van der Waals surface area contributed by atoms with Crippen molar-refractivity contribution < 1.29 is 4.79 Å². The van der Waals surface area contributed by atoms with Gasteiger partial charge in [-0.05, 0) is 12.2 Å². The van der Waals surface area contributed by atoms with Gasteiger partial charge < -0.3 is 0 Å². The second kappa shape index (κ2) is 2.77. The maximum Gasteiger partial charge on any atom is 0.149 e. The second-order valence-electron chi connectivity index (χ2n) is 2.58. The van der Waals surface area contributed by atoms with Crippen LogP contribution in [0, 0.1) is 0 Å². The maximum absolute atomic E-state index is 10.5. The number of carbonyl (C=O) groups excluding carboxylic acids is 1. The number of hydrazine groups is 1. The van der Waals surface area contributed by atoms with Crippen molar-refractivity contribution in [2.75, 3.05) is 6.54 Å². The molecule has 2 heterocycles. The van der Waals surface area contributed by atoms with Crippen LogP contribution in [0.25, 0.3) is 0 Å². The molecule has 0 aromatic carbocycles. The molecule has 0 saturated carbocycles. The highest BCUT2D eigenvalue weighted by Gasteiger charge is 2.20. The Morgan fingerprint density at radius 1 is 1.67 bits per heavy atom. The first-order chi connectivity index (χ1) is 5.81. The molecule has 0 bridgehead atoms. The molecule has 3 nitrogen and oxygen atoms in total. The summed E-state index contributed by atoms with van der Waals surface area (Å²) in [6.45, 7) is 0.573. The van der Waals surface area contributed by atoms with E-state index in [1.54, 1.807) is 23.4 Å². The molecular formula is C8H7ClN2O. The molecule has 0 amide bonds. The molecule has 12 heavy (non-hydrogen) atoms. The van der Waals surface area contributed by atoms with Gasteiger partial charge >= 0.3 is 0 Å². The summed E-state index contributed by atoms with van der Waals surface area (Å²) in [7, 11) is 0. The van der Waals surface area contributed by atoms with E-state index in [1.807, 2.05) is 0 Å². The quantitative estimate of drug-likeness (QED) is 0.612. The number of hydrogen-bond acceptors (Lipinski definition) is 3.